The molecule has 0 saturated carbocycles. The summed E-state index contributed by atoms with van der Waals surface area (Å²) in [6.07, 6.45) is -2.72. The Morgan fingerprint density at radius 1 is 0.418 bits per heavy atom. The molecule has 10 rings (SSSR count). The summed E-state index contributed by atoms with van der Waals surface area (Å²) in [5.41, 5.74) is 27.2. The van der Waals surface area contributed by atoms with Gasteiger partial charge >= 0.3 is 23.9 Å². The number of aromatic nitrogens is 8. The minimum absolute atomic E-state index is 0.0972. The first-order valence-corrected chi connectivity index (χ1v) is 30.6. The molecule has 6 aromatic heterocycles. The molecule has 0 saturated heterocycles. The quantitative estimate of drug-likeness (QED) is 0.0358. The fourth-order valence-electron chi connectivity index (χ4n) is 13.0. The Morgan fingerprint density at radius 2 is 0.736 bits per heavy atom. The number of aliphatic hydroxyl groups is 3. The normalized spacial score (nSPS) is 14.6. The van der Waals surface area contributed by atoms with Gasteiger partial charge in [-0.1, -0.05) is 0 Å². The number of carboxylic acids is 4. The highest BCUT2D eigenvalue weighted by molar-refractivity contribution is 5.99. The van der Waals surface area contributed by atoms with Crippen LogP contribution in [0.2, 0.25) is 0 Å². The standard InChI is InChI=1S/C68H74N8O11.C2H7NO/c1-29-41(13-17-61(79)80)53-28-56-44(16-20-64(85)86)32(4)48(72-56)24-59-68(36(8)52(76-59)25-58-65(37(9)77)33(5)49(73-58)21-45(29)69-53)40(12)87-39(11)67-35(7)50-22-46-30(2)42(14-18-62(81)82)54(70-46)27-55-43(15-19-63(83)84)31(3)47(71-55)23-57-66(38(10)78)34(6)51(74-57)26-60(67)75-50;3-1-2-4/h21-28,37-40,71-73,75,77-78H,13-20H2,1-12H3,(H,79,80)(H,81,82)(H,83,84)(H,85,86);4H,1-3H2. The van der Waals surface area contributed by atoms with E-state index in [1.165, 1.54) is 0 Å². The van der Waals surface area contributed by atoms with E-state index in [0.29, 0.717) is 107 Å². The third-order valence-corrected chi connectivity index (χ3v) is 17.8. The van der Waals surface area contributed by atoms with Gasteiger partial charge in [0.25, 0.3) is 0 Å². The number of nitrogens with one attached hydrogen (secondary N) is 4. The van der Waals surface area contributed by atoms with Crippen LogP contribution in [0.15, 0.2) is 48.5 Å². The predicted octanol–water partition coefficient (Wildman–Crippen LogP) is 12.2. The number of rotatable bonds is 19. The number of nitrogens with two attached hydrogens (primary N) is 1. The second kappa shape index (κ2) is 27.1. The number of carbonyl (C=O) groups is 4. The zero-order valence-electron chi connectivity index (χ0n) is 53.5. The van der Waals surface area contributed by atoms with Crippen LogP contribution in [0.3, 0.4) is 0 Å². The monoisotopic (exact) mass is 1240 g/mol. The molecule has 21 heteroatoms. The summed E-state index contributed by atoms with van der Waals surface area (Å²) in [6.45, 7) is 23.4. The van der Waals surface area contributed by atoms with E-state index in [1.807, 2.05) is 118 Å². The van der Waals surface area contributed by atoms with Gasteiger partial charge < -0.3 is 66.2 Å². The molecule has 0 aromatic carbocycles. The number of carboxylic acid groups (broad SMARTS) is 4. The fourth-order valence-corrected chi connectivity index (χ4v) is 13.0. The Hall–Kier alpha value is -9.12. The second-order valence-electron chi connectivity index (χ2n) is 23.9. The molecule has 4 aliphatic heterocycles. The highest BCUT2D eigenvalue weighted by atomic mass is 16.5. The topological polar surface area (TPSA) is 360 Å². The maximum Gasteiger partial charge on any atom is 0.303 e. The zero-order chi connectivity index (χ0) is 66.2. The van der Waals surface area contributed by atoms with E-state index in [2.05, 4.69) is 19.9 Å². The summed E-state index contributed by atoms with van der Waals surface area (Å²) < 4.78 is 7.26. The molecule has 91 heavy (non-hydrogen) atoms. The number of hydrogen-bond donors (Lipinski definition) is 12. The first kappa shape index (κ1) is 66.3. The second-order valence-corrected chi connectivity index (χ2v) is 23.9. The van der Waals surface area contributed by atoms with Crippen molar-refractivity contribution in [2.24, 2.45) is 5.73 Å². The number of aliphatic hydroxyl groups excluding tert-OH is 3. The van der Waals surface area contributed by atoms with E-state index in [-0.39, 0.29) is 58.0 Å². The molecule has 478 valence electrons. The van der Waals surface area contributed by atoms with Crippen molar-refractivity contribution >= 4 is 113 Å². The molecule has 0 fully saturated rings. The van der Waals surface area contributed by atoms with Gasteiger partial charge in [-0.15, -0.1) is 0 Å². The molecule has 13 N–H and O–H groups in total. The third-order valence-electron chi connectivity index (χ3n) is 17.8. The fraction of sp³-hybridized carbons (Fsp3) is 0.371. The van der Waals surface area contributed by atoms with Crippen molar-refractivity contribution in [2.45, 2.75) is 159 Å². The molecule has 6 aromatic rings. The molecule has 4 atom stereocenters. The average molecular weight is 1240 g/mol. The van der Waals surface area contributed by atoms with Crippen molar-refractivity contribution in [3.8, 4) is 0 Å². The van der Waals surface area contributed by atoms with Crippen LogP contribution in [0.4, 0.5) is 0 Å². The smallest absolute Gasteiger partial charge is 0.303 e. The van der Waals surface area contributed by atoms with Crippen molar-refractivity contribution in [1.29, 1.82) is 0 Å². The molecule has 10 heterocycles. The van der Waals surface area contributed by atoms with Gasteiger partial charge in [0.2, 0.25) is 0 Å². The number of fused-ring (bicyclic) bond motifs is 16. The van der Waals surface area contributed by atoms with Gasteiger partial charge in [-0.2, -0.15) is 0 Å². The minimum atomic E-state index is -0.958. The summed E-state index contributed by atoms with van der Waals surface area (Å²) in [5.74, 6) is -3.81. The number of ether oxygens (including phenoxy) is 1. The van der Waals surface area contributed by atoms with Gasteiger partial charge in [-0.3, -0.25) is 19.2 Å². The number of aliphatic carboxylic acids is 4. The lowest BCUT2D eigenvalue weighted by molar-refractivity contribution is -0.138. The van der Waals surface area contributed by atoms with Crippen LogP contribution in [0, 0.1) is 27.7 Å². The molecule has 4 aliphatic rings. The highest BCUT2D eigenvalue weighted by Crippen LogP contribution is 2.43. The summed E-state index contributed by atoms with van der Waals surface area (Å²) >= 11 is 0. The number of aryl methyl sites for hydroxylation is 6. The lowest BCUT2D eigenvalue weighted by Gasteiger charge is -2.22. The Bertz CT molecular complexity index is 4470. The SMILES string of the molecule is CC1=C(CCC(=O)O)c2cc3[nH]c(cc4nc(cc5[nH]c(cc1n2)c(C)c5C(C)OC(C)C1=C(C)c2cc5[nH]c(cc6nc(cc7[nH]c(cc1n2)c(C)c7CCC(=O)O)C(CCC(=O)O)=C6C)c(C)c5C(C)O)C(C)=C4C(C)O)c(C)c3CCC(=O)O.NCCO. The molecular formula is C70H81N9O12. The van der Waals surface area contributed by atoms with Crippen molar-refractivity contribution < 1.29 is 59.7 Å². The summed E-state index contributed by atoms with van der Waals surface area (Å²) in [5, 5.41) is 70.0. The molecule has 0 amide bonds. The number of allylic oxidation sites excluding steroid dienone is 6. The van der Waals surface area contributed by atoms with E-state index in [9.17, 15) is 49.8 Å². The average Bonchev–Trinajstić information content (AvgIpc) is 1.69. The lowest BCUT2D eigenvalue weighted by Crippen LogP contribution is -2.14. The van der Waals surface area contributed by atoms with Crippen LogP contribution in [-0.4, -0.2) is 125 Å². The molecule has 0 radical (unpaired) electrons. The number of H-pyrrole nitrogens is 4. The maximum absolute atomic E-state index is 12.2. The molecule has 16 bridgehead atoms. The van der Waals surface area contributed by atoms with Crippen LogP contribution < -0.4 is 5.73 Å². The zero-order valence-corrected chi connectivity index (χ0v) is 53.5. The Morgan fingerprint density at radius 3 is 1.14 bits per heavy atom. The lowest BCUT2D eigenvalue weighted by atomic mass is 9.99. The van der Waals surface area contributed by atoms with Gasteiger partial charge in [-0.05, 0) is 224 Å². The van der Waals surface area contributed by atoms with Crippen molar-refractivity contribution in [2.75, 3.05) is 13.2 Å². The van der Waals surface area contributed by atoms with Crippen LogP contribution in [0.25, 0.3) is 88.7 Å². The first-order chi connectivity index (χ1) is 43.1. The number of hydrogen-bond acceptors (Lipinski definition) is 13. The van der Waals surface area contributed by atoms with Gasteiger partial charge in [0.05, 0.1) is 76.6 Å². The summed E-state index contributed by atoms with van der Waals surface area (Å²) in [4.78, 5) is 83.2. The molecule has 21 nitrogen and oxygen atoms in total. The van der Waals surface area contributed by atoms with E-state index in [0.717, 1.165) is 78.0 Å². The maximum atomic E-state index is 12.2. The number of nitrogens with zero attached hydrogens (tertiary/aromatic N) is 4. The van der Waals surface area contributed by atoms with E-state index in [1.54, 1.807) is 13.8 Å². The van der Waals surface area contributed by atoms with Gasteiger partial charge in [0.1, 0.15) is 0 Å². The van der Waals surface area contributed by atoms with Gasteiger partial charge in [-0.25, -0.2) is 19.9 Å². The molecule has 4 unspecified atom stereocenters. The van der Waals surface area contributed by atoms with Crippen LogP contribution in [0.1, 0.15) is 196 Å². The molecule has 0 aliphatic carbocycles. The third kappa shape index (κ3) is 13.7. The molecule has 0 spiro atoms. The molecular weight excluding hydrogens is 1160 g/mol. The van der Waals surface area contributed by atoms with Gasteiger partial charge in [0, 0.05) is 98.6 Å². The Balaban J connectivity index is 0.00000238. The van der Waals surface area contributed by atoms with E-state index in [4.69, 9.17) is 35.5 Å². The Kier molecular flexibility index (Phi) is 19.8. The number of aromatic amines is 4. The van der Waals surface area contributed by atoms with Crippen molar-refractivity contribution in [3.05, 3.63) is 139 Å². The largest absolute Gasteiger partial charge is 0.481 e. The predicted molar refractivity (Wildman–Crippen MR) is 354 cm³/mol. The summed E-state index contributed by atoms with van der Waals surface area (Å²) in [6, 6.07) is 15.3. The first-order valence-electron chi connectivity index (χ1n) is 30.6. The van der Waals surface area contributed by atoms with Crippen LogP contribution in [-0.2, 0) is 36.8 Å². The Labute approximate surface area is 526 Å². The van der Waals surface area contributed by atoms with Gasteiger partial charge in [0.15, 0.2) is 0 Å². The van der Waals surface area contributed by atoms with Crippen LogP contribution in [0.5, 0.6) is 0 Å². The van der Waals surface area contributed by atoms with Crippen molar-refractivity contribution in [3.63, 3.8) is 0 Å². The minimum Gasteiger partial charge on any atom is -0.481 e. The highest BCUT2D eigenvalue weighted by Gasteiger charge is 2.30. The van der Waals surface area contributed by atoms with E-state index < -0.39 is 48.3 Å². The van der Waals surface area contributed by atoms with E-state index >= 15 is 0 Å². The summed E-state index contributed by atoms with van der Waals surface area (Å²) in [7, 11) is 0. The van der Waals surface area contributed by atoms with Crippen LogP contribution >= 0.6 is 0 Å². The van der Waals surface area contributed by atoms with Crippen molar-refractivity contribution in [1.82, 2.24) is 39.9 Å².